The number of nitrogens with zero attached hydrogens (tertiary/aromatic N) is 2. The zero-order valence-electron chi connectivity index (χ0n) is 13.6. The Hall–Kier alpha value is -0.160. The van der Waals surface area contributed by atoms with Crippen molar-refractivity contribution in [1.29, 1.82) is 0 Å². The Bertz CT molecular complexity index is 287. The van der Waals surface area contributed by atoms with Crippen LogP contribution >= 0.6 is 0 Å². The summed E-state index contributed by atoms with van der Waals surface area (Å²) in [4.78, 5) is 4.93. The number of likely N-dealkylation sites (tertiary alicyclic amines) is 1. The Kier molecular flexibility index (Phi) is 5.84. The third-order valence-corrected chi connectivity index (χ3v) is 5.17. The Labute approximate surface area is 124 Å². The van der Waals surface area contributed by atoms with Gasteiger partial charge in [0.1, 0.15) is 0 Å². The van der Waals surface area contributed by atoms with Crippen LogP contribution < -0.4 is 5.32 Å². The van der Waals surface area contributed by atoms with Crippen molar-refractivity contribution in [2.24, 2.45) is 0 Å². The molecule has 0 aromatic carbocycles. The van der Waals surface area contributed by atoms with Gasteiger partial charge in [-0.2, -0.15) is 0 Å². The maximum Gasteiger partial charge on any atom is 0.0613 e. The average Bonchev–Trinajstić information content (AvgIpc) is 3.12. The molecule has 2 N–H and O–H groups in total. The van der Waals surface area contributed by atoms with E-state index in [-0.39, 0.29) is 12.1 Å². The van der Waals surface area contributed by atoms with Gasteiger partial charge in [-0.05, 0) is 65.7 Å². The van der Waals surface area contributed by atoms with Crippen molar-refractivity contribution in [3.63, 3.8) is 0 Å². The maximum atomic E-state index is 9.78. The predicted molar refractivity (Wildman–Crippen MR) is 84.0 cm³/mol. The highest BCUT2D eigenvalue weighted by Crippen LogP contribution is 2.27. The lowest BCUT2D eigenvalue weighted by Gasteiger charge is -2.33. The van der Waals surface area contributed by atoms with Gasteiger partial charge in [0, 0.05) is 24.2 Å². The Morgan fingerprint density at radius 3 is 2.55 bits per heavy atom. The Morgan fingerprint density at radius 1 is 1.30 bits per heavy atom. The molecule has 0 aromatic heterocycles. The molecule has 20 heavy (non-hydrogen) atoms. The maximum absolute atomic E-state index is 9.78. The largest absolute Gasteiger partial charge is 0.394 e. The van der Waals surface area contributed by atoms with Gasteiger partial charge >= 0.3 is 0 Å². The standard InChI is InChI=1S/C16H33N3O/c1-4-16(13-20,17-14-6-7-14)9-5-10-19-11-8-15(12-19)18(2)3/h14-15,17,20H,4-13H2,1-3H3. The highest BCUT2D eigenvalue weighted by atomic mass is 16.3. The molecule has 4 heteroatoms. The summed E-state index contributed by atoms with van der Waals surface area (Å²) in [5, 5.41) is 13.5. The monoisotopic (exact) mass is 283 g/mol. The second-order valence-electron chi connectivity index (χ2n) is 7.02. The minimum atomic E-state index is -0.0260. The molecule has 0 aromatic rings. The number of hydrogen-bond donors (Lipinski definition) is 2. The van der Waals surface area contributed by atoms with Gasteiger partial charge in [0.15, 0.2) is 0 Å². The summed E-state index contributed by atoms with van der Waals surface area (Å²) in [5.74, 6) is 0. The van der Waals surface area contributed by atoms with Crippen LogP contribution in [0.2, 0.25) is 0 Å². The first kappa shape index (κ1) is 16.2. The SMILES string of the molecule is CCC(CO)(CCCN1CCC(N(C)C)C1)NC1CC1. The van der Waals surface area contributed by atoms with E-state index >= 15 is 0 Å². The van der Waals surface area contributed by atoms with Crippen LogP contribution in [0.1, 0.15) is 45.4 Å². The fourth-order valence-corrected chi connectivity index (χ4v) is 3.33. The van der Waals surface area contributed by atoms with Crippen molar-refractivity contribution < 1.29 is 5.11 Å². The number of likely N-dealkylation sites (N-methyl/N-ethyl adjacent to an activating group) is 1. The molecule has 2 atom stereocenters. The molecule has 2 unspecified atom stereocenters. The van der Waals surface area contributed by atoms with E-state index in [1.54, 1.807) is 0 Å². The molecule has 0 radical (unpaired) electrons. The van der Waals surface area contributed by atoms with Gasteiger partial charge in [-0.1, -0.05) is 6.92 Å². The van der Waals surface area contributed by atoms with E-state index in [1.807, 2.05) is 0 Å². The van der Waals surface area contributed by atoms with Crippen molar-refractivity contribution in [1.82, 2.24) is 15.1 Å². The quantitative estimate of drug-likeness (QED) is 0.669. The third kappa shape index (κ3) is 4.42. The number of aliphatic hydroxyl groups is 1. The Morgan fingerprint density at radius 2 is 2.05 bits per heavy atom. The molecular formula is C16H33N3O. The molecule has 1 aliphatic heterocycles. The molecule has 2 fully saturated rings. The summed E-state index contributed by atoms with van der Waals surface area (Å²) < 4.78 is 0. The second-order valence-corrected chi connectivity index (χ2v) is 7.02. The zero-order valence-corrected chi connectivity index (χ0v) is 13.6. The first-order valence-corrected chi connectivity index (χ1v) is 8.36. The van der Waals surface area contributed by atoms with E-state index in [0.717, 1.165) is 18.9 Å². The molecule has 0 bridgehead atoms. The summed E-state index contributed by atoms with van der Waals surface area (Å²) in [6.45, 7) is 6.10. The van der Waals surface area contributed by atoms with Crippen molar-refractivity contribution in [3.8, 4) is 0 Å². The number of aliphatic hydroxyl groups excluding tert-OH is 1. The van der Waals surface area contributed by atoms with E-state index in [1.165, 1.54) is 45.3 Å². The van der Waals surface area contributed by atoms with Crippen LogP contribution in [0.3, 0.4) is 0 Å². The van der Waals surface area contributed by atoms with Crippen LogP contribution in [0, 0.1) is 0 Å². The van der Waals surface area contributed by atoms with Gasteiger partial charge in [-0.15, -0.1) is 0 Å². The smallest absolute Gasteiger partial charge is 0.0613 e. The lowest BCUT2D eigenvalue weighted by Crippen LogP contribution is -2.49. The van der Waals surface area contributed by atoms with E-state index < -0.39 is 0 Å². The van der Waals surface area contributed by atoms with Gasteiger partial charge in [0.05, 0.1) is 6.61 Å². The van der Waals surface area contributed by atoms with Gasteiger partial charge in [-0.25, -0.2) is 0 Å². The Balaban J connectivity index is 1.70. The normalized spacial score (nSPS) is 27.1. The number of nitrogens with one attached hydrogen (secondary N) is 1. The number of hydrogen-bond acceptors (Lipinski definition) is 4. The minimum Gasteiger partial charge on any atom is -0.394 e. The summed E-state index contributed by atoms with van der Waals surface area (Å²) in [6.07, 6.45) is 7.19. The first-order chi connectivity index (χ1) is 9.58. The van der Waals surface area contributed by atoms with Gasteiger partial charge in [-0.3, -0.25) is 0 Å². The topological polar surface area (TPSA) is 38.7 Å². The molecule has 1 saturated heterocycles. The number of rotatable bonds is 9. The van der Waals surface area contributed by atoms with Crippen molar-refractivity contribution in [2.45, 2.75) is 63.1 Å². The summed E-state index contributed by atoms with van der Waals surface area (Å²) in [5.41, 5.74) is -0.0260. The molecule has 1 aliphatic carbocycles. The molecular weight excluding hydrogens is 250 g/mol. The van der Waals surface area contributed by atoms with E-state index in [2.05, 4.69) is 36.1 Å². The molecule has 2 rings (SSSR count). The highest BCUT2D eigenvalue weighted by molar-refractivity contribution is 4.94. The molecule has 1 saturated carbocycles. The molecule has 1 heterocycles. The summed E-state index contributed by atoms with van der Waals surface area (Å²) in [7, 11) is 4.36. The van der Waals surface area contributed by atoms with Crippen LogP contribution in [-0.4, -0.2) is 72.9 Å². The molecule has 4 nitrogen and oxygen atoms in total. The molecule has 0 amide bonds. The van der Waals surface area contributed by atoms with Crippen LogP contribution in [0.25, 0.3) is 0 Å². The van der Waals surface area contributed by atoms with Gasteiger partial charge < -0.3 is 20.2 Å². The lowest BCUT2D eigenvalue weighted by atomic mass is 9.91. The van der Waals surface area contributed by atoms with Crippen LogP contribution in [0.15, 0.2) is 0 Å². The zero-order chi connectivity index (χ0) is 14.6. The van der Waals surface area contributed by atoms with Crippen LogP contribution in [0.5, 0.6) is 0 Å². The summed E-state index contributed by atoms with van der Waals surface area (Å²) >= 11 is 0. The first-order valence-electron chi connectivity index (χ1n) is 8.36. The van der Waals surface area contributed by atoms with Crippen molar-refractivity contribution in [3.05, 3.63) is 0 Å². The molecule has 118 valence electrons. The summed E-state index contributed by atoms with van der Waals surface area (Å²) in [6, 6.07) is 1.40. The molecule has 0 spiro atoms. The van der Waals surface area contributed by atoms with Crippen molar-refractivity contribution >= 4 is 0 Å². The molecule has 2 aliphatic rings. The van der Waals surface area contributed by atoms with Crippen LogP contribution in [0.4, 0.5) is 0 Å². The highest BCUT2D eigenvalue weighted by Gasteiger charge is 2.34. The van der Waals surface area contributed by atoms with Gasteiger partial charge in [0.2, 0.25) is 0 Å². The average molecular weight is 283 g/mol. The minimum absolute atomic E-state index is 0.0260. The fraction of sp³-hybridized carbons (Fsp3) is 1.00. The predicted octanol–water partition coefficient (Wildman–Crippen LogP) is 1.30. The van der Waals surface area contributed by atoms with Gasteiger partial charge in [0.25, 0.3) is 0 Å². The lowest BCUT2D eigenvalue weighted by molar-refractivity contribution is 0.137. The fourth-order valence-electron chi connectivity index (χ4n) is 3.33. The van der Waals surface area contributed by atoms with E-state index in [9.17, 15) is 5.11 Å². The van der Waals surface area contributed by atoms with Crippen LogP contribution in [-0.2, 0) is 0 Å². The second kappa shape index (κ2) is 7.21. The third-order valence-electron chi connectivity index (χ3n) is 5.17. The van der Waals surface area contributed by atoms with Crippen molar-refractivity contribution in [2.75, 3.05) is 40.3 Å². The van der Waals surface area contributed by atoms with E-state index in [0.29, 0.717) is 6.04 Å². The van der Waals surface area contributed by atoms with E-state index in [4.69, 9.17) is 0 Å².